The fourth-order valence-corrected chi connectivity index (χ4v) is 3.83. The van der Waals surface area contributed by atoms with Crippen LogP contribution in [-0.4, -0.2) is 85.3 Å². The van der Waals surface area contributed by atoms with Crippen LogP contribution in [0, 0.1) is 0 Å². The smallest absolute Gasteiger partial charge is 0.416 e. The van der Waals surface area contributed by atoms with Gasteiger partial charge in [0.2, 0.25) is 0 Å². The van der Waals surface area contributed by atoms with Gasteiger partial charge in [0.05, 0.1) is 96.1 Å². The molecule has 0 aromatic heterocycles. The fourth-order valence-electron chi connectivity index (χ4n) is 3.83. The summed E-state index contributed by atoms with van der Waals surface area (Å²) in [5.41, 5.74) is 1.06. The van der Waals surface area contributed by atoms with Crippen molar-refractivity contribution >= 4 is 17.3 Å². The van der Waals surface area contributed by atoms with E-state index in [2.05, 4.69) is 5.32 Å². The number of carbonyl (C=O) groups is 1. The van der Waals surface area contributed by atoms with Gasteiger partial charge >= 0.3 is 12.1 Å². The third-order valence-electron chi connectivity index (χ3n) is 6.05. The van der Waals surface area contributed by atoms with Crippen molar-refractivity contribution in [3.8, 4) is 0 Å². The van der Waals surface area contributed by atoms with Gasteiger partial charge in [-0.1, -0.05) is 48.5 Å². The first-order chi connectivity index (χ1) is 21.9. The van der Waals surface area contributed by atoms with E-state index in [-0.39, 0.29) is 24.5 Å². The first-order valence-corrected chi connectivity index (χ1v) is 14.6. The normalized spacial score (nSPS) is 11.4. The highest BCUT2D eigenvalue weighted by atomic mass is 19.4. The standard InChI is InChI=1S/C33H40F3NO8/c34-33(35,36)28-9-6-10-29(25-28)37-31-12-5-4-11-30(31)32(38)45-24-23-43-20-19-41-16-15-39-13-14-40-17-18-42-21-22-44-26-27-7-2-1-3-8-27/h1-12,25,37H,13-24,26H2. The Bertz CT molecular complexity index is 1230. The lowest BCUT2D eigenvalue weighted by molar-refractivity contribution is -0.137. The largest absolute Gasteiger partial charge is 0.460 e. The maximum Gasteiger partial charge on any atom is 0.416 e. The summed E-state index contributed by atoms with van der Waals surface area (Å²) in [5.74, 6) is -0.622. The number of rotatable bonds is 23. The minimum Gasteiger partial charge on any atom is -0.460 e. The van der Waals surface area contributed by atoms with Gasteiger partial charge in [0.25, 0.3) is 0 Å². The van der Waals surface area contributed by atoms with E-state index >= 15 is 0 Å². The molecule has 0 aliphatic carbocycles. The Morgan fingerprint density at radius 3 is 1.67 bits per heavy atom. The number of hydrogen-bond acceptors (Lipinski definition) is 9. The molecule has 0 saturated heterocycles. The van der Waals surface area contributed by atoms with Crippen LogP contribution in [0.3, 0.4) is 0 Å². The van der Waals surface area contributed by atoms with Crippen LogP contribution in [0.1, 0.15) is 21.5 Å². The minimum atomic E-state index is -4.47. The number of nitrogens with one attached hydrogen (secondary N) is 1. The second kappa shape index (κ2) is 21.3. The lowest BCUT2D eigenvalue weighted by Crippen LogP contribution is -2.15. The molecule has 0 atom stereocenters. The number of para-hydroxylation sites is 1. The lowest BCUT2D eigenvalue weighted by Gasteiger charge is -2.13. The Morgan fingerprint density at radius 2 is 1.09 bits per heavy atom. The predicted octanol–water partition coefficient (Wildman–Crippen LogP) is 5.91. The number of ether oxygens (including phenoxy) is 7. The average Bonchev–Trinajstić information content (AvgIpc) is 3.04. The third-order valence-corrected chi connectivity index (χ3v) is 6.05. The molecule has 0 aliphatic heterocycles. The summed E-state index contributed by atoms with van der Waals surface area (Å²) in [7, 11) is 0. The van der Waals surface area contributed by atoms with Crippen molar-refractivity contribution in [2.75, 3.05) is 84.6 Å². The monoisotopic (exact) mass is 635 g/mol. The van der Waals surface area contributed by atoms with Crippen molar-refractivity contribution in [3.63, 3.8) is 0 Å². The average molecular weight is 636 g/mol. The summed E-state index contributed by atoms with van der Waals surface area (Å²) >= 11 is 0. The zero-order valence-electron chi connectivity index (χ0n) is 25.1. The van der Waals surface area contributed by atoms with Crippen LogP contribution in [0.15, 0.2) is 78.9 Å². The molecule has 0 spiro atoms. The van der Waals surface area contributed by atoms with Gasteiger partial charge in [0.1, 0.15) is 6.61 Å². The van der Waals surface area contributed by atoms with Crippen LogP contribution < -0.4 is 5.32 Å². The van der Waals surface area contributed by atoms with E-state index in [0.29, 0.717) is 78.4 Å². The molecule has 9 nitrogen and oxygen atoms in total. The van der Waals surface area contributed by atoms with Gasteiger partial charge in [-0.15, -0.1) is 0 Å². The molecule has 0 saturated carbocycles. The molecular weight excluding hydrogens is 595 g/mol. The SMILES string of the molecule is O=C(OCCOCCOCCOCCOCCOCCOCc1ccccc1)c1ccccc1Nc1cccc(C(F)(F)F)c1. The number of anilines is 2. The lowest BCUT2D eigenvalue weighted by atomic mass is 10.1. The first-order valence-electron chi connectivity index (χ1n) is 14.6. The number of halogens is 3. The molecule has 3 aromatic carbocycles. The highest BCUT2D eigenvalue weighted by molar-refractivity contribution is 5.96. The van der Waals surface area contributed by atoms with Gasteiger partial charge in [0, 0.05) is 5.69 Å². The van der Waals surface area contributed by atoms with E-state index in [9.17, 15) is 18.0 Å². The topological polar surface area (TPSA) is 93.7 Å². The van der Waals surface area contributed by atoms with Crippen molar-refractivity contribution in [2.24, 2.45) is 0 Å². The van der Waals surface area contributed by atoms with E-state index in [1.165, 1.54) is 18.2 Å². The Labute approximate surface area is 261 Å². The number of alkyl halides is 3. The molecule has 3 rings (SSSR count). The van der Waals surface area contributed by atoms with Gasteiger partial charge < -0.3 is 38.5 Å². The minimum absolute atomic E-state index is 0.00686. The Kier molecular flexibility index (Phi) is 17.0. The van der Waals surface area contributed by atoms with Gasteiger partial charge in [-0.05, 0) is 35.9 Å². The second-order valence-electron chi connectivity index (χ2n) is 9.49. The predicted molar refractivity (Wildman–Crippen MR) is 162 cm³/mol. The van der Waals surface area contributed by atoms with Crippen LogP contribution in [0.25, 0.3) is 0 Å². The summed E-state index contributed by atoms with van der Waals surface area (Å²) < 4.78 is 77.1. The highest BCUT2D eigenvalue weighted by Gasteiger charge is 2.30. The molecule has 246 valence electrons. The Hall–Kier alpha value is -3.52. The molecule has 3 aromatic rings. The quantitative estimate of drug-likeness (QED) is 0.101. The number of hydrogen-bond donors (Lipinski definition) is 1. The van der Waals surface area contributed by atoms with E-state index in [4.69, 9.17) is 33.2 Å². The fraction of sp³-hybridized carbons (Fsp3) is 0.424. The van der Waals surface area contributed by atoms with Crippen LogP contribution in [0.5, 0.6) is 0 Å². The second-order valence-corrected chi connectivity index (χ2v) is 9.49. The summed E-state index contributed by atoms with van der Waals surface area (Å²) in [6.45, 7) is 5.15. The molecule has 0 unspecified atom stereocenters. The molecule has 45 heavy (non-hydrogen) atoms. The first kappa shape index (κ1) is 36.0. The number of benzene rings is 3. The van der Waals surface area contributed by atoms with Crippen LogP contribution in [0.2, 0.25) is 0 Å². The van der Waals surface area contributed by atoms with Crippen molar-refractivity contribution in [3.05, 3.63) is 95.6 Å². The van der Waals surface area contributed by atoms with Crippen molar-refractivity contribution < 1.29 is 51.1 Å². The van der Waals surface area contributed by atoms with E-state index in [1.807, 2.05) is 30.3 Å². The molecule has 1 N–H and O–H groups in total. The van der Waals surface area contributed by atoms with Crippen molar-refractivity contribution in [1.82, 2.24) is 0 Å². The molecular formula is C33H40F3NO8. The summed E-state index contributed by atoms with van der Waals surface area (Å²) in [4.78, 5) is 12.5. The zero-order chi connectivity index (χ0) is 32.0. The number of esters is 1. The van der Waals surface area contributed by atoms with Crippen LogP contribution >= 0.6 is 0 Å². The Morgan fingerprint density at radius 1 is 0.578 bits per heavy atom. The van der Waals surface area contributed by atoms with Crippen molar-refractivity contribution in [1.29, 1.82) is 0 Å². The number of carbonyl (C=O) groups excluding carboxylic acids is 1. The molecule has 12 heteroatoms. The van der Waals surface area contributed by atoms with E-state index in [1.54, 1.807) is 18.2 Å². The molecule has 0 fully saturated rings. The van der Waals surface area contributed by atoms with Crippen LogP contribution in [-0.2, 0) is 45.9 Å². The molecule has 0 radical (unpaired) electrons. The van der Waals surface area contributed by atoms with Gasteiger partial charge in [-0.3, -0.25) is 0 Å². The van der Waals surface area contributed by atoms with E-state index < -0.39 is 17.7 Å². The zero-order valence-corrected chi connectivity index (χ0v) is 25.1. The van der Waals surface area contributed by atoms with Crippen LogP contribution in [0.4, 0.5) is 24.5 Å². The summed E-state index contributed by atoms with van der Waals surface area (Å²) in [5, 5.41) is 2.86. The highest BCUT2D eigenvalue weighted by Crippen LogP contribution is 2.32. The third kappa shape index (κ3) is 15.4. The maximum atomic E-state index is 13.0. The maximum absolute atomic E-state index is 13.0. The molecule has 0 amide bonds. The molecule has 0 aliphatic rings. The van der Waals surface area contributed by atoms with E-state index in [0.717, 1.165) is 17.7 Å². The summed E-state index contributed by atoms with van der Waals surface area (Å²) in [6.07, 6.45) is -4.47. The Balaban J connectivity index is 1.11. The van der Waals surface area contributed by atoms with Gasteiger partial charge in [0.15, 0.2) is 0 Å². The molecule has 0 heterocycles. The van der Waals surface area contributed by atoms with Gasteiger partial charge in [-0.25, -0.2) is 4.79 Å². The molecule has 0 bridgehead atoms. The van der Waals surface area contributed by atoms with Crippen molar-refractivity contribution in [2.45, 2.75) is 12.8 Å². The van der Waals surface area contributed by atoms with Gasteiger partial charge in [-0.2, -0.15) is 13.2 Å². The summed E-state index contributed by atoms with van der Waals surface area (Å²) in [6, 6.07) is 21.1.